The number of rotatable bonds is 11. The van der Waals surface area contributed by atoms with Gasteiger partial charge in [0.05, 0.1) is 0 Å². The Morgan fingerprint density at radius 3 is 1.54 bits per heavy atom. The zero-order chi connectivity index (χ0) is 28.2. The van der Waals surface area contributed by atoms with Crippen molar-refractivity contribution in [2.75, 3.05) is 13.2 Å². The number of allylic oxidation sites excluding steroid dienone is 3. The van der Waals surface area contributed by atoms with Crippen LogP contribution in [0, 0.1) is 0 Å². The van der Waals surface area contributed by atoms with Gasteiger partial charge in [0.2, 0.25) is 0 Å². The van der Waals surface area contributed by atoms with E-state index < -0.39 is 17.3 Å². The van der Waals surface area contributed by atoms with Gasteiger partial charge in [0.1, 0.15) is 17.5 Å². The molecule has 0 rings (SSSR count). The van der Waals surface area contributed by atoms with E-state index in [9.17, 15) is 14.4 Å². The van der Waals surface area contributed by atoms with E-state index in [4.69, 9.17) is 20.4 Å². The first-order chi connectivity index (χ1) is 16.2. The molecule has 0 unspecified atom stereocenters. The molecular formula is C26H51N3O6. The Morgan fingerprint density at radius 1 is 0.800 bits per heavy atom. The molecule has 0 aliphatic rings. The Labute approximate surface area is 213 Å². The second-order valence-corrected chi connectivity index (χ2v) is 9.05. The van der Waals surface area contributed by atoms with Crippen molar-refractivity contribution in [1.82, 2.24) is 10.7 Å². The number of carbonyl (C=O) groups excluding carboxylic acids is 3. The summed E-state index contributed by atoms with van der Waals surface area (Å²) < 4.78 is 9.79. The van der Waals surface area contributed by atoms with Gasteiger partial charge in [-0.25, -0.2) is 15.4 Å². The molecule has 35 heavy (non-hydrogen) atoms. The van der Waals surface area contributed by atoms with Crippen LogP contribution in [0.15, 0.2) is 38.0 Å². The molecule has 9 nitrogen and oxygen atoms in total. The average molecular weight is 502 g/mol. The van der Waals surface area contributed by atoms with Crippen molar-refractivity contribution in [3.05, 3.63) is 38.0 Å². The summed E-state index contributed by atoms with van der Waals surface area (Å²) in [5, 5.41) is 10.9. The predicted molar refractivity (Wildman–Crippen MR) is 144 cm³/mol. The first-order valence-corrected chi connectivity index (χ1v) is 11.8. The van der Waals surface area contributed by atoms with Gasteiger partial charge in [-0.3, -0.25) is 5.43 Å². The molecular weight excluding hydrogens is 450 g/mol. The molecule has 0 saturated heterocycles. The van der Waals surface area contributed by atoms with Crippen molar-refractivity contribution in [2.45, 2.75) is 97.7 Å². The van der Waals surface area contributed by atoms with Crippen LogP contribution in [0.25, 0.3) is 0 Å². The van der Waals surface area contributed by atoms with Crippen LogP contribution in [-0.4, -0.2) is 47.9 Å². The van der Waals surface area contributed by atoms with E-state index in [-0.39, 0.29) is 12.7 Å². The van der Waals surface area contributed by atoms with Gasteiger partial charge in [-0.15, -0.1) is 19.7 Å². The van der Waals surface area contributed by atoms with Crippen molar-refractivity contribution >= 4 is 18.5 Å². The fourth-order valence-electron chi connectivity index (χ4n) is 1.65. The molecule has 0 radical (unpaired) electrons. The molecule has 0 aromatic rings. The highest BCUT2D eigenvalue weighted by Gasteiger charge is 2.15. The molecule has 0 heterocycles. The summed E-state index contributed by atoms with van der Waals surface area (Å²) in [6.07, 6.45) is 11.6. The number of nitrogens with two attached hydrogens (primary N) is 1. The number of unbranched alkanes of at least 4 members (excludes halogenated alkanes) is 4. The van der Waals surface area contributed by atoms with E-state index in [1.165, 1.54) is 0 Å². The number of ether oxygens (including phenoxy) is 2. The topological polar surface area (TPSA) is 140 Å². The Morgan fingerprint density at radius 2 is 1.26 bits per heavy atom. The molecule has 0 aromatic carbocycles. The van der Waals surface area contributed by atoms with E-state index in [1.807, 2.05) is 32.3 Å². The van der Waals surface area contributed by atoms with Crippen molar-refractivity contribution in [3.63, 3.8) is 0 Å². The third-order valence-corrected chi connectivity index (χ3v) is 3.07. The number of aldehydes is 1. The van der Waals surface area contributed by atoms with Crippen LogP contribution in [-0.2, 0) is 14.3 Å². The number of alkyl carbamates (subject to hydrolysis) is 1. The summed E-state index contributed by atoms with van der Waals surface area (Å²) in [6, 6.07) is 0. The number of hydrogen-bond donors (Lipinski definition) is 4. The first-order valence-electron chi connectivity index (χ1n) is 11.8. The van der Waals surface area contributed by atoms with Crippen molar-refractivity contribution in [3.8, 4) is 0 Å². The predicted octanol–water partition coefficient (Wildman–Crippen LogP) is 5.35. The molecule has 0 aliphatic carbocycles. The van der Waals surface area contributed by atoms with E-state index >= 15 is 0 Å². The van der Waals surface area contributed by atoms with Crippen molar-refractivity contribution in [2.24, 2.45) is 5.84 Å². The second kappa shape index (κ2) is 27.6. The number of carbonyl (C=O) groups is 3. The molecule has 0 aromatic heterocycles. The van der Waals surface area contributed by atoms with Crippen LogP contribution in [0.1, 0.15) is 86.5 Å². The highest BCUT2D eigenvalue weighted by molar-refractivity contribution is 5.67. The van der Waals surface area contributed by atoms with Gasteiger partial charge in [-0.1, -0.05) is 18.2 Å². The fraction of sp³-hybridized carbons (Fsp3) is 0.654. The summed E-state index contributed by atoms with van der Waals surface area (Å²) in [5.41, 5.74) is 0.980. The van der Waals surface area contributed by atoms with Crippen molar-refractivity contribution in [1.29, 1.82) is 0 Å². The molecule has 0 saturated carbocycles. The summed E-state index contributed by atoms with van der Waals surface area (Å²) >= 11 is 0. The third-order valence-electron chi connectivity index (χ3n) is 3.07. The van der Waals surface area contributed by atoms with Gasteiger partial charge >= 0.3 is 12.2 Å². The molecule has 2 amide bonds. The largest absolute Gasteiger partial charge is 0.444 e. The molecule has 206 valence electrons. The lowest BCUT2D eigenvalue weighted by atomic mass is 10.2. The number of hydrogen-bond acceptors (Lipinski definition) is 7. The molecule has 0 aliphatic heterocycles. The van der Waals surface area contributed by atoms with E-state index in [2.05, 4.69) is 25.1 Å². The zero-order valence-electron chi connectivity index (χ0n) is 22.9. The standard InChI is InChI=1S/C11H21NO2.C5H12N2O2.C5H10O.C5H8O/c1-5-6-7-8-9-12-10(13)14-11(2,3)4;1-5(2,3)9-4(8)7-6;2*1-2-3-4-5-6/h5H,1,6-9H2,2-4H3,(H,12,13);6H2,1-3H3,(H,7,8);2,6H,1,3-5H2;2,5H,1,3-4H2. The number of nitrogens with one attached hydrogen (secondary N) is 2. The van der Waals surface area contributed by atoms with Gasteiger partial charge in [-0.05, 0) is 80.1 Å². The minimum absolute atomic E-state index is 0.284. The van der Waals surface area contributed by atoms with Crippen LogP contribution >= 0.6 is 0 Å². The van der Waals surface area contributed by atoms with Gasteiger partial charge in [0.15, 0.2) is 0 Å². The first kappa shape index (κ1) is 39.6. The second-order valence-electron chi connectivity index (χ2n) is 9.05. The van der Waals surface area contributed by atoms with E-state index in [0.29, 0.717) is 13.0 Å². The minimum atomic E-state index is -0.609. The van der Waals surface area contributed by atoms with E-state index in [0.717, 1.165) is 44.8 Å². The summed E-state index contributed by atoms with van der Waals surface area (Å²) in [7, 11) is 0. The lowest BCUT2D eigenvalue weighted by Gasteiger charge is -2.19. The van der Waals surface area contributed by atoms with Crippen LogP contribution in [0.5, 0.6) is 0 Å². The summed E-state index contributed by atoms with van der Waals surface area (Å²) in [5.74, 6) is 4.75. The maximum atomic E-state index is 11.1. The van der Waals surface area contributed by atoms with Gasteiger partial charge in [-0.2, -0.15) is 0 Å². The SMILES string of the molecule is C=CCCC=O.C=CCCCCNC(=O)OC(C)(C)C.C=CCCCO.CC(C)(C)OC(=O)NN. The number of hydrazine groups is 1. The molecule has 5 N–H and O–H groups in total. The fourth-order valence-corrected chi connectivity index (χ4v) is 1.65. The Bertz CT molecular complexity index is 544. The maximum absolute atomic E-state index is 11.1. The number of aliphatic hydroxyl groups is 1. The molecule has 0 spiro atoms. The molecule has 9 heteroatoms. The maximum Gasteiger partial charge on any atom is 0.421 e. The lowest BCUT2D eigenvalue weighted by Crippen LogP contribution is -2.36. The zero-order valence-corrected chi connectivity index (χ0v) is 22.9. The molecule has 0 fully saturated rings. The Balaban J connectivity index is -0.000000197. The summed E-state index contributed by atoms with van der Waals surface area (Å²) in [6.45, 7) is 22.4. The van der Waals surface area contributed by atoms with Gasteiger partial charge < -0.3 is 24.7 Å². The normalized spacial score (nSPS) is 9.71. The number of aliphatic hydroxyl groups excluding tert-OH is 1. The van der Waals surface area contributed by atoms with E-state index in [1.54, 1.807) is 32.9 Å². The van der Waals surface area contributed by atoms with Gasteiger partial charge in [0, 0.05) is 19.6 Å². The monoisotopic (exact) mass is 501 g/mol. The molecule has 0 bridgehead atoms. The Hall–Kier alpha value is -2.65. The van der Waals surface area contributed by atoms with Gasteiger partial charge in [0.25, 0.3) is 0 Å². The van der Waals surface area contributed by atoms with Crippen molar-refractivity contribution < 1.29 is 29.0 Å². The summed E-state index contributed by atoms with van der Waals surface area (Å²) in [4.78, 5) is 31.0. The lowest BCUT2D eigenvalue weighted by molar-refractivity contribution is -0.107. The van der Waals surface area contributed by atoms with Crippen LogP contribution in [0.2, 0.25) is 0 Å². The smallest absolute Gasteiger partial charge is 0.421 e. The average Bonchev–Trinajstić information content (AvgIpc) is 2.75. The minimum Gasteiger partial charge on any atom is -0.444 e. The Kier molecular flexibility index (Phi) is 31.2. The molecule has 0 atom stereocenters. The highest BCUT2D eigenvalue weighted by atomic mass is 16.6. The van der Waals surface area contributed by atoms with Crippen LogP contribution < -0.4 is 16.6 Å². The number of amides is 2. The van der Waals surface area contributed by atoms with Crippen LogP contribution in [0.4, 0.5) is 9.59 Å². The highest BCUT2D eigenvalue weighted by Crippen LogP contribution is 2.06. The third kappa shape index (κ3) is 54.1. The quantitative estimate of drug-likeness (QED) is 0.0747. The van der Waals surface area contributed by atoms with Crippen LogP contribution in [0.3, 0.4) is 0 Å².